The van der Waals surface area contributed by atoms with Gasteiger partial charge in [-0.15, -0.1) is 0 Å². The molecular weight excluding hydrogens is 364 g/mol. The fourth-order valence-electron chi connectivity index (χ4n) is 3.24. The molecule has 0 spiro atoms. The second kappa shape index (κ2) is 6.10. The monoisotopic (exact) mass is 383 g/mol. The van der Waals surface area contributed by atoms with Crippen molar-refractivity contribution in [2.24, 2.45) is 21.5 Å². The number of aromatic amines is 1. The zero-order valence-corrected chi connectivity index (χ0v) is 15.3. The van der Waals surface area contributed by atoms with E-state index in [9.17, 15) is 8.78 Å². The number of hydrogen-bond acceptors (Lipinski definition) is 6. The number of H-pyrrole nitrogens is 1. The van der Waals surface area contributed by atoms with Crippen LogP contribution in [0.4, 0.5) is 8.78 Å². The van der Waals surface area contributed by atoms with Crippen molar-refractivity contribution >= 4 is 22.7 Å². The minimum absolute atomic E-state index is 0.0297. The van der Waals surface area contributed by atoms with Crippen molar-refractivity contribution in [3.63, 3.8) is 0 Å². The average Bonchev–Trinajstić information content (AvgIpc) is 3.10. The second-order valence-electron chi connectivity index (χ2n) is 7.21. The van der Waals surface area contributed by atoms with Crippen molar-refractivity contribution in [3.05, 3.63) is 65.4 Å². The van der Waals surface area contributed by atoms with Gasteiger partial charge in [0.1, 0.15) is 5.84 Å². The molecule has 0 amide bonds. The Bertz CT molecular complexity index is 1130. The van der Waals surface area contributed by atoms with Crippen LogP contribution >= 0.6 is 0 Å². The summed E-state index contributed by atoms with van der Waals surface area (Å²) in [5.74, 6) is -3.21. The van der Waals surface area contributed by atoms with E-state index in [1.54, 1.807) is 20.0 Å². The molecule has 2 aromatic carbocycles. The number of nitrogens with zero attached hydrogens (tertiary/aromatic N) is 3. The van der Waals surface area contributed by atoms with Crippen molar-refractivity contribution in [2.75, 3.05) is 0 Å². The fourth-order valence-corrected chi connectivity index (χ4v) is 3.24. The lowest BCUT2D eigenvalue weighted by Crippen LogP contribution is -2.59. The van der Waals surface area contributed by atoms with Gasteiger partial charge in [-0.2, -0.15) is 5.10 Å². The smallest absolute Gasteiger partial charge is 0.217 e. The number of nitrogens with two attached hydrogens (primary N) is 2. The molecule has 0 aliphatic carbocycles. The Morgan fingerprint density at radius 1 is 1.11 bits per heavy atom. The molecule has 1 unspecified atom stereocenters. The average molecular weight is 383 g/mol. The molecule has 1 aliphatic rings. The summed E-state index contributed by atoms with van der Waals surface area (Å²) in [6.07, 6.45) is 1.70. The molecule has 7 nitrogen and oxygen atoms in total. The number of hydrogen-bond donors (Lipinski definition) is 4. The number of rotatable bonds is 3. The number of aromatic nitrogens is 2. The van der Waals surface area contributed by atoms with Crippen LogP contribution in [0.1, 0.15) is 25.0 Å². The standard InChI is InChI=1S/C19H19F2N7/c1-18(2,12-4-3-5-13(20)15(12)21)19(23)26-16(25-17(22)27-19)10-6-7-11-9-24-28-14(11)8-10/h3-9H,23H2,1-2H3,(H,24,28)(H3,22,25,26,27). The zero-order valence-electron chi connectivity index (χ0n) is 15.3. The first-order chi connectivity index (χ1) is 13.2. The van der Waals surface area contributed by atoms with Crippen molar-refractivity contribution < 1.29 is 8.78 Å². The van der Waals surface area contributed by atoms with E-state index in [-0.39, 0.29) is 11.5 Å². The summed E-state index contributed by atoms with van der Waals surface area (Å²) in [4.78, 5) is 8.76. The lowest BCUT2D eigenvalue weighted by molar-refractivity contribution is 0.263. The van der Waals surface area contributed by atoms with Gasteiger partial charge in [-0.1, -0.05) is 38.1 Å². The number of benzene rings is 2. The number of nitrogens with one attached hydrogen (secondary N) is 2. The molecule has 1 atom stereocenters. The van der Waals surface area contributed by atoms with Gasteiger partial charge in [0.05, 0.1) is 17.1 Å². The third-order valence-corrected chi connectivity index (χ3v) is 5.08. The summed E-state index contributed by atoms with van der Waals surface area (Å²) in [6, 6.07) is 9.47. The molecule has 144 valence electrons. The number of guanidine groups is 1. The zero-order chi connectivity index (χ0) is 20.1. The largest absolute Gasteiger partial charge is 0.370 e. The maximum atomic E-state index is 14.5. The minimum Gasteiger partial charge on any atom is -0.370 e. The second-order valence-corrected chi connectivity index (χ2v) is 7.21. The van der Waals surface area contributed by atoms with Gasteiger partial charge >= 0.3 is 0 Å². The highest BCUT2D eigenvalue weighted by atomic mass is 19.2. The third-order valence-electron chi connectivity index (χ3n) is 5.08. The molecule has 0 bridgehead atoms. The van der Waals surface area contributed by atoms with Gasteiger partial charge in [0.15, 0.2) is 17.6 Å². The van der Waals surface area contributed by atoms with E-state index in [0.29, 0.717) is 11.4 Å². The van der Waals surface area contributed by atoms with E-state index in [1.165, 1.54) is 12.1 Å². The Morgan fingerprint density at radius 3 is 2.68 bits per heavy atom. The number of amidine groups is 1. The molecular formula is C19H19F2N7. The summed E-state index contributed by atoms with van der Waals surface area (Å²) < 4.78 is 28.3. The maximum absolute atomic E-state index is 14.5. The fraction of sp³-hybridized carbons (Fsp3) is 0.211. The first kappa shape index (κ1) is 18.1. The molecule has 6 N–H and O–H groups in total. The van der Waals surface area contributed by atoms with Gasteiger partial charge in [-0.25, -0.2) is 18.8 Å². The van der Waals surface area contributed by atoms with E-state index in [0.717, 1.165) is 17.0 Å². The molecule has 2 heterocycles. The highest BCUT2D eigenvalue weighted by molar-refractivity contribution is 6.11. The van der Waals surface area contributed by atoms with Crippen molar-refractivity contribution in [3.8, 4) is 0 Å². The van der Waals surface area contributed by atoms with Crippen LogP contribution in [0, 0.1) is 11.6 Å². The molecule has 1 aromatic heterocycles. The first-order valence-electron chi connectivity index (χ1n) is 8.60. The first-order valence-corrected chi connectivity index (χ1v) is 8.60. The summed E-state index contributed by atoms with van der Waals surface area (Å²) in [5.41, 5.74) is 12.8. The van der Waals surface area contributed by atoms with Crippen molar-refractivity contribution in [1.82, 2.24) is 15.5 Å². The number of fused-ring (bicyclic) bond motifs is 1. The number of halogens is 2. The maximum Gasteiger partial charge on any atom is 0.217 e. The van der Waals surface area contributed by atoms with Crippen LogP contribution in [0.25, 0.3) is 10.9 Å². The van der Waals surface area contributed by atoms with E-state index in [2.05, 4.69) is 25.5 Å². The highest BCUT2D eigenvalue weighted by Gasteiger charge is 2.47. The summed E-state index contributed by atoms with van der Waals surface area (Å²) in [5, 5.41) is 10.7. The van der Waals surface area contributed by atoms with Crippen LogP contribution in [-0.4, -0.2) is 27.8 Å². The van der Waals surface area contributed by atoms with Crippen LogP contribution in [0.5, 0.6) is 0 Å². The summed E-state index contributed by atoms with van der Waals surface area (Å²) >= 11 is 0. The van der Waals surface area contributed by atoms with Gasteiger partial charge in [0.25, 0.3) is 0 Å². The van der Waals surface area contributed by atoms with E-state index >= 15 is 0 Å². The van der Waals surface area contributed by atoms with Gasteiger partial charge < -0.3 is 11.1 Å². The van der Waals surface area contributed by atoms with Gasteiger partial charge in [-0.3, -0.25) is 10.8 Å². The van der Waals surface area contributed by atoms with E-state index in [4.69, 9.17) is 11.5 Å². The molecule has 4 rings (SSSR count). The Morgan fingerprint density at radius 2 is 1.89 bits per heavy atom. The lowest BCUT2D eigenvalue weighted by Gasteiger charge is -2.40. The predicted octanol–water partition coefficient (Wildman–Crippen LogP) is 2.10. The molecule has 28 heavy (non-hydrogen) atoms. The quantitative estimate of drug-likeness (QED) is 0.554. The summed E-state index contributed by atoms with van der Waals surface area (Å²) in [7, 11) is 0. The van der Waals surface area contributed by atoms with Crippen LogP contribution in [0.2, 0.25) is 0 Å². The summed E-state index contributed by atoms with van der Waals surface area (Å²) in [6.45, 7) is 3.29. The molecule has 3 aromatic rings. The predicted molar refractivity (Wildman–Crippen MR) is 104 cm³/mol. The minimum atomic E-state index is -1.66. The van der Waals surface area contributed by atoms with Crippen molar-refractivity contribution in [2.45, 2.75) is 25.0 Å². The Labute approximate surface area is 159 Å². The van der Waals surface area contributed by atoms with Gasteiger partial charge in [-0.05, 0) is 12.1 Å². The van der Waals surface area contributed by atoms with Gasteiger partial charge in [0, 0.05) is 16.5 Å². The van der Waals surface area contributed by atoms with E-state index in [1.807, 2.05) is 18.2 Å². The Balaban J connectivity index is 1.84. The molecule has 1 aliphatic heterocycles. The Hall–Kier alpha value is -3.33. The number of aliphatic imine (C=N–C) groups is 2. The van der Waals surface area contributed by atoms with Crippen LogP contribution in [0.15, 0.2) is 52.6 Å². The van der Waals surface area contributed by atoms with Crippen LogP contribution in [-0.2, 0) is 5.41 Å². The SMILES string of the molecule is CC(C)(c1cccc(F)c1F)C1(N)N=C(N)NC(c2ccc3cn[nH]c3c2)=N1. The van der Waals surface area contributed by atoms with E-state index < -0.39 is 22.8 Å². The topological polar surface area (TPSA) is 117 Å². The molecule has 0 fully saturated rings. The molecule has 9 heteroatoms. The van der Waals surface area contributed by atoms with Crippen LogP contribution < -0.4 is 16.8 Å². The third kappa shape index (κ3) is 2.71. The molecule has 0 saturated carbocycles. The molecule has 0 saturated heterocycles. The lowest BCUT2D eigenvalue weighted by atomic mass is 9.77. The highest BCUT2D eigenvalue weighted by Crippen LogP contribution is 2.38. The molecule has 0 radical (unpaired) electrons. The van der Waals surface area contributed by atoms with Gasteiger partial charge in [0.2, 0.25) is 5.79 Å². The normalized spacial score (nSPS) is 19.9. The Kier molecular flexibility index (Phi) is 3.93. The van der Waals surface area contributed by atoms with Crippen molar-refractivity contribution in [1.29, 1.82) is 0 Å². The van der Waals surface area contributed by atoms with Crippen LogP contribution in [0.3, 0.4) is 0 Å².